The van der Waals surface area contributed by atoms with E-state index in [2.05, 4.69) is 0 Å². The number of hydrogen-bond donors (Lipinski definition) is 1. The molecule has 0 aromatic heterocycles. The summed E-state index contributed by atoms with van der Waals surface area (Å²) in [5.74, 6) is 0. The Morgan fingerprint density at radius 1 is 1.39 bits per heavy atom. The minimum atomic E-state index is -4.72. The first-order valence-corrected chi connectivity index (χ1v) is 6.52. The Morgan fingerprint density at radius 2 is 1.94 bits per heavy atom. The van der Waals surface area contributed by atoms with Crippen molar-refractivity contribution in [3.05, 3.63) is 39.9 Å². The molecule has 0 aliphatic carbocycles. The van der Waals surface area contributed by atoms with Crippen molar-refractivity contribution < 1.29 is 21.6 Å². The van der Waals surface area contributed by atoms with Crippen molar-refractivity contribution in [3.8, 4) is 0 Å². The SMILES string of the molecule is CC(N)=CS(=O)(=O)c1ccc(Cl)c(C(F)(F)F)c1. The second-order valence-electron chi connectivity index (χ2n) is 3.55. The van der Waals surface area contributed by atoms with Crippen LogP contribution in [0.2, 0.25) is 5.02 Å². The lowest BCUT2D eigenvalue weighted by Crippen LogP contribution is -2.08. The summed E-state index contributed by atoms with van der Waals surface area (Å²) in [5.41, 5.74) is 3.97. The van der Waals surface area contributed by atoms with Crippen molar-refractivity contribution in [1.82, 2.24) is 0 Å². The van der Waals surface area contributed by atoms with Crippen molar-refractivity contribution in [2.75, 3.05) is 0 Å². The van der Waals surface area contributed by atoms with Gasteiger partial charge in [0.2, 0.25) is 9.84 Å². The highest BCUT2D eigenvalue weighted by molar-refractivity contribution is 7.94. The van der Waals surface area contributed by atoms with Gasteiger partial charge in [-0.15, -0.1) is 0 Å². The van der Waals surface area contributed by atoms with Gasteiger partial charge in [-0.25, -0.2) is 8.42 Å². The van der Waals surface area contributed by atoms with Crippen LogP contribution in [0.1, 0.15) is 12.5 Å². The van der Waals surface area contributed by atoms with Crippen LogP contribution in [0.4, 0.5) is 13.2 Å². The van der Waals surface area contributed by atoms with Gasteiger partial charge in [-0.2, -0.15) is 13.2 Å². The van der Waals surface area contributed by atoms with Crippen molar-refractivity contribution in [2.45, 2.75) is 18.0 Å². The number of rotatable bonds is 2. The van der Waals surface area contributed by atoms with Crippen LogP contribution < -0.4 is 5.73 Å². The first-order valence-electron chi connectivity index (χ1n) is 4.59. The van der Waals surface area contributed by atoms with Crippen LogP contribution in [0, 0.1) is 0 Å². The van der Waals surface area contributed by atoms with E-state index in [-0.39, 0.29) is 5.70 Å². The van der Waals surface area contributed by atoms with Crippen LogP contribution in [-0.4, -0.2) is 8.42 Å². The average Bonchev–Trinajstić information content (AvgIpc) is 2.13. The number of alkyl halides is 3. The Balaban J connectivity index is 3.43. The second-order valence-corrected chi connectivity index (χ2v) is 5.75. The normalized spacial score (nSPS) is 13.7. The molecular formula is C10H9ClF3NO2S. The summed E-state index contributed by atoms with van der Waals surface area (Å²) in [6.45, 7) is 1.32. The Kier molecular flexibility index (Phi) is 3.97. The van der Waals surface area contributed by atoms with Gasteiger partial charge in [0.25, 0.3) is 0 Å². The topological polar surface area (TPSA) is 60.2 Å². The Morgan fingerprint density at radius 3 is 2.39 bits per heavy atom. The maximum Gasteiger partial charge on any atom is 0.417 e. The molecule has 0 atom stereocenters. The highest BCUT2D eigenvalue weighted by Crippen LogP contribution is 2.36. The molecule has 100 valence electrons. The largest absolute Gasteiger partial charge is 0.417 e. The quantitative estimate of drug-likeness (QED) is 0.913. The standard InChI is InChI=1S/C10H9ClF3NO2S/c1-6(15)5-18(16,17)7-2-3-9(11)8(4-7)10(12,13)14/h2-5H,15H2,1H3. The van der Waals surface area contributed by atoms with E-state index in [0.29, 0.717) is 11.5 Å². The zero-order valence-corrected chi connectivity index (χ0v) is 10.7. The first kappa shape index (κ1) is 14.8. The number of allylic oxidation sites excluding steroid dienone is 1. The Labute approximate surface area is 107 Å². The third-order valence-corrected chi connectivity index (χ3v) is 3.84. The minimum absolute atomic E-state index is 0.0292. The summed E-state index contributed by atoms with van der Waals surface area (Å²) in [6, 6.07) is 2.36. The zero-order valence-electron chi connectivity index (χ0n) is 9.12. The van der Waals surface area contributed by atoms with Crippen molar-refractivity contribution in [3.63, 3.8) is 0 Å². The van der Waals surface area contributed by atoms with Crippen LogP contribution in [0.5, 0.6) is 0 Å². The van der Waals surface area contributed by atoms with Crippen molar-refractivity contribution >= 4 is 21.4 Å². The number of nitrogens with two attached hydrogens (primary N) is 1. The molecule has 0 unspecified atom stereocenters. The molecule has 0 saturated carbocycles. The maximum absolute atomic E-state index is 12.6. The van der Waals surface area contributed by atoms with E-state index in [4.69, 9.17) is 17.3 Å². The molecule has 1 aromatic carbocycles. The molecule has 1 rings (SSSR count). The smallest absolute Gasteiger partial charge is 0.402 e. The van der Waals surface area contributed by atoms with Gasteiger partial charge in [0.15, 0.2) is 0 Å². The maximum atomic E-state index is 12.6. The average molecular weight is 300 g/mol. The van der Waals surface area contributed by atoms with E-state index >= 15 is 0 Å². The molecule has 0 aliphatic rings. The van der Waals surface area contributed by atoms with Gasteiger partial charge in [0, 0.05) is 5.70 Å². The third kappa shape index (κ3) is 3.39. The molecule has 0 amide bonds. The van der Waals surface area contributed by atoms with E-state index in [1.807, 2.05) is 0 Å². The fraction of sp³-hybridized carbons (Fsp3) is 0.200. The molecule has 0 aliphatic heterocycles. The molecule has 1 aromatic rings. The summed E-state index contributed by atoms with van der Waals surface area (Å²) in [7, 11) is -4.00. The van der Waals surface area contributed by atoms with Gasteiger partial charge in [0.1, 0.15) is 0 Å². The first-order chi connectivity index (χ1) is 8.04. The summed E-state index contributed by atoms with van der Waals surface area (Å²) in [4.78, 5) is -0.510. The molecule has 0 radical (unpaired) electrons. The van der Waals surface area contributed by atoms with Gasteiger partial charge in [-0.3, -0.25) is 0 Å². The fourth-order valence-electron chi connectivity index (χ4n) is 1.21. The van der Waals surface area contributed by atoms with Crippen LogP contribution >= 0.6 is 11.6 Å². The number of halogens is 4. The summed E-state index contributed by atoms with van der Waals surface area (Å²) in [5, 5.41) is 0.131. The summed E-state index contributed by atoms with van der Waals surface area (Å²) < 4.78 is 61.0. The summed E-state index contributed by atoms with van der Waals surface area (Å²) in [6.07, 6.45) is -4.72. The molecule has 0 fully saturated rings. The van der Waals surface area contributed by atoms with Crippen LogP contribution in [0.25, 0.3) is 0 Å². The predicted molar refractivity (Wildman–Crippen MR) is 61.6 cm³/mol. The predicted octanol–water partition coefficient (Wildman–Crippen LogP) is 2.95. The third-order valence-electron chi connectivity index (χ3n) is 1.91. The molecule has 0 spiro atoms. The lowest BCUT2D eigenvalue weighted by Gasteiger charge is -2.10. The number of benzene rings is 1. The van der Waals surface area contributed by atoms with Gasteiger partial charge >= 0.3 is 6.18 Å². The van der Waals surface area contributed by atoms with E-state index in [0.717, 1.165) is 12.1 Å². The molecule has 0 saturated heterocycles. The van der Waals surface area contributed by atoms with Crippen molar-refractivity contribution in [1.29, 1.82) is 0 Å². The molecule has 18 heavy (non-hydrogen) atoms. The Hall–Kier alpha value is -1.21. The molecule has 3 nitrogen and oxygen atoms in total. The monoisotopic (exact) mass is 299 g/mol. The van der Waals surface area contributed by atoms with E-state index in [9.17, 15) is 21.6 Å². The number of sulfone groups is 1. The van der Waals surface area contributed by atoms with E-state index < -0.39 is 31.5 Å². The second kappa shape index (κ2) is 4.81. The molecular weight excluding hydrogens is 291 g/mol. The van der Waals surface area contributed by atoms with Gasteiger partial charge < -0.3 is 5.73 Å². The Bertz CT molecular complexity index is 590. The van der Waals surface area contributed by atoms with Crippen molar-refractivity contribution in [2.24, 2.45) is 5.73 Å². The zero-order chi connectivity index (χ0) is 14.1. The number of hydrogen-bond acceptors (Lipinski definition) is 3. The molecule has 0 bridgehead atoms. The lowest BCUT2D eigenvalue weighted by molar-refractivity contribution is -0.137. The van der Waals surface area contributed by atoms with E-state index in [1.165, 1.54) is 6.92 Å². The molecule has 0 heterocycles. The fourth-order valence-corrected chi connectivity index (χ4v) is 2.60. The minimum Gasteiger partial charge on any atom is -0.402 e. The summed E-state index contributed by atoms with van der Waals surface area (Å²) >= 11 is 5.38. The van der Waals surface area contributed by atoms with Crippen LogP contribution in [0.3, 0.4) is 0 Å². The highest BCUT2D eigenvalue weighted by Gasteiger charge is 2.34. The molecule has 2 N–H and O–H groups in total. The molecule has 8 heteroatoms. The highest BCUT2D eigenvalue weighted by atomic mass is 35.5. The van der Waals surface area contributed by atoms with Gasteiger partial charge in [-0.1, -0.05) is 11.6 Å². The lowest BCUT2D eigenvalue weighted by atomic mass is 10.2. The van der Waals surface area contributed by atoms with Gasteiger partial charge in [0.05, 0.1) is 20.9 Å². The van der Waals surface area contributed by atoms with E-state index in [1.54, 1.807) is 0 Å². The van der Waals surface area contributed by atoms with Gasteiger partial charge in [-0.05, 0) is 25.1 Å². The van der Waals surface area contributed by atoms with Crippen LogP contribution in [-0.2, 0) is 16.0 Å². The van der Waals surface area contributed by atoms with Crippen LogP contribution in [0.15, 0.2) is 34.2 Å².